The molecule has 0 aliphatic rings. The molecule has 0 radical (unpaired) electrons. The summed E-state index contributed by atoms with van der Waals surface area (Å²) in [7, 11) is 1.53. The molecule has 0 aromatic heterocycles. The van der Waals surface area contributed by atoms with E-state index in [1.165, 1.54) is 7.05 Å². The monoisotopic (exact) mass is 394 g/mol. The van der Waals surface area contributed by atoms with Gasteiger partial charge in [0, 0.05) is 33.9 Å². The van der Waals surface area contributed by atoms with Gasteiger partial charge in [0.15, 0.2) is 6.61 Å². The van der Waals surface area contributed by atoms with Crippen molar-refractivity contribution in [2.24, 2.45) is 0 Å². The molecule has 0 aliphatic carbocycles. The lowest BCUT2D eigenvalue weighted by atomic mass is 10.1. The number of carbonyl (C=O) groups excluding carboxylic acids is 3. The van der Waals surface area contributed by atoms with E-state index < -0.39 is 18.5 Å². The second-order valence-corrected chi connectivity index (χ2v) is 6.06. The van der Waals surface area contributed by atoms with Gasteiger partial charge >= 0.3 is 5.97 Å². The maximum Gasteiger partial charge on any atom is 0.310 e. The Morgan fingerprint density at radius 3 is 2.19 bits per heavy atom. The number of anilines is 1. The van der Waals surface area contributed by atoms with Crippen LogP contribution in [-0.4, -0.2) is 31.4 Å². The summed E-state index contributed by atoms with van der Waals surface area (Å²) in [5.41, 5.74) is 1.40. The summed E-state index contributed by atoms with van der Waals surface area (Å²) < 4.78 is 4.94. The first-order chi connectivity index (χ1) is 12.4. The van der Waals surface area contributed by atoms with Gasteiger partial charge in [0.25, 0.3) is 11.8 Å². The lowest BCUT2D eigenvalue weighted by Gasteiger charge is -2.09. The van der Waals surface area contributed by atoms with Crippen molar-refractivity contribution in [1.29, 1.82) is 0 Å². The van der Waals surface area contributed by atoms with Crippen LogP contribution in [0.3, 0.4) is 0 Å². The zero-order chi connectivity index (χ0) is 19.1. The fourth-order valence-electron chi connectivity index (χ4n) is 2.09. The second-order valence-electron chi connectivity index (χ2n) is 5.24. The first kappa shape index (κ1) is 19.8. The summed E-state index contributed by atoms with van der Waals surface area (Å²) in [6, 6.07) is 11.2. The molecule has 0 fully saturated rings. The molecule has 0 unspecified atom stereocenters. The average molecular weight is 395 g/mol. The van der Waals surface area contributed by atoms with Crippen molar-refractivity contribution in [2.75, 3.05) is 19.0 Å². The van der Waals surface area contributed by atoms with E-state index in [2.05, 4.69) is 10.6 Å². The molecule has 0 bridgehead atoms. The Balaban J connectivity index is 1.84. The predicted octanol–water partition coefficient (Wildman–Crippen LogP) is 3.08. The Hall–Kier alpha value is -2.57. The Morgan fingerprint density at radius 2 is 1.62 bits per heavy atom. The third kappa shape index (κ3) is 5.47. The summed E-state index contributed by atoms with van der Waals surface area (Å²) in [5.74, 6) is -1.35. The van der Waals surface area contributed by atoms with Gasteiger partial charge in [0.1, 0.15) is 0 Å². The van der Waals surface area contributed by atoms with Gasteiger partial charge in [-0.3, -0.25) is 14.4 Å². The van der Waals surface area contributed by atoms with E-state index in [9.17, 15) is 14.4 Å². The van der Waals surface area contributed by atoms with Crippen LogP contribution >= 0.6 is 23.2 Å². The molecule has 2 aromatic carbocycles. The minimum atomic E-state index is -0.620. The third-order valence-electron chi connectivity index (χ3n) is 3.40. The number of amides is 2. The molecule has 2 aromatic rings. The van der Waals surface area contributed by atoms with Crippen molar-refractivity contribution in [3.05, 3.63) is 63.6 Å². The highest BCUT2D eigenvalue weighted by Crippen LogP contribution is 2.24. The van der Waals surface area contributed by atoms with Crippen LogP contribution in [0.15, 0.2) is 42.5 Å². The van der Waals surface area contributed by atoms with Gasteiger partial charge < -0.3 is 15.4 Å². The molecular weight excluding hydrogens is 379 g/mol. The van der Waals surface area contributed by atoms with Crippen molar-refractivity contribution < 1.29 is 19.1 Å². The van der Waals surface area contributed by atoms with Crippen LogP contribution in [0.25, 0.3) is 0 Å². The highest BCUT2D eigenvalue weighted by molar-refractivity contribution is 6.36. The number of hydrogen-bond acceptors (Lipinski definition) is 4. The lowest BCUT2D eigenvalue weighted by Crippen LogP contribution is -2.22. The molecule has 2 rings (SSSR count). The summed E-state index contributed by atoms with van der Waals surface area (Å²) in [5, 5.41) is 5.78. The molecule has 2 N–H and O–H groups in total. The largest absolute Gasteiger partial charge is 0.455 e. The normalized spacial score (nSPS) is 10.1. The smallest absolute Gasteiger partial charge is 0.310 e. The number of ether oxygens (including phenoxy) is 1. The van der Waals surface area contributed by atoms with Gasteiger partial charge in [-0.15, -0.1) is 0 Å². The van der Waals surface area contributed by atoms with Crippen LogP contribution < -0.4 is 10.6 Å². The molecular formula is C18H16Cl2N2O4. The number of halogens is 2. The molecule has 6 nitrogen and oxygen atoms in total. The van der Waals surface area contributed by atoms with E-state index in [-0.39, 0.29) is 12.3 Å². The maximum absolute atomic E-state index is 11.9. The molecule has 0 saturated carbocycles. The molecule has 0 saturated heterocycles. The van der Waals surface area contributed by atoms with E-state index in [0.29, 0.717) is 26.9 Å². The summed E-state index contributed by atoms with van der Waals surface area (Å²) >= 11 is 12.0. The van der Waals surface area contributed by atoms with Crippen LogP contribution in [0.4, 0.5) is 5.69 Å². The van der Waals surface area contributed by atoms with E-state index in [1.807, 2.05) is 0 Å². The van der Waals surface area contributed by atoms with Gasteiger partial charge in [-0.05, 0) is 36.4 Å². The molecule has 0 spiro atoms. The van der Waals surface area contributed by atoms with Crippen LogP contribution in [0.5, 0.6) is 0 Å². The molecule has 26 heavy (non-hydrogen) atoms. The molecule has 2 amide bonds. The van der Waals surface area contributed by atoms with Crippen molar-refractivity contribution in [3.8, 4) is 0 Å². The van der Waals surface area contributed by atoms with E-state index in [4.69, 9.17) is 27.9 Å². The first-order valence-corrected chi connectivity index (χ1v) is 8.37. The van der Waals surface area contributed by atoms with Crippen LogP contribution in [0, 0.1) is 0 Å². The maximum atomic E-state index is 11.9. The predicted molar refractivity (Wildman–Crippen MR) is 99.6 cm³/mol. The molecule has 0 aliphatic heterocycles. The summed E-state index contributed by atoms with van der Waals surface area (Å²) in [6.45, 7) is -0.446. The van der Waals surface area contributed by atoms with Gasteiger partial charge in [0.2, 0.25) is 0 Å². The van der Waals surface area contributed by atoms with Gasteiger partial charge in [-0.1, -0.05) is 29.3 Å². The fraction of sp³-hybridized carbons (Fsp3) is 0.167. The Labute approximate surface area is 160 Å². The number of benzene rings is 2. The summed E-state index contributed by atoms with van der Waals surface area (Å²) in [4.78, 5) is 35.2. The number of esters is 1. The molecule has 0 atom stereocenters. The Bertz CT molecular complexity index is 802. The van der Waals surface area contributed by atoms with E-state index >= 15 is 0 Å². The minimum absolute atomic E-state index is 0.132. The highest BCUT2D eigenvalue weighted by Gasteiger charge is 2.13. The van der Waals surface area contributed by atoms with E-state index in [0.717, 1.165) is 0 Å². The van der Waals surface area contributed by atoms with Crippen LogP contribution in [0.2, 0.25) is 10.0 Å². The van der Waals surface area contributed by atoms with Gasteiger partial charge in [-0.2, -0.15) is 0 Å². The van der Waals surface area contributed by atoms with Crippen molar-refractivity contribution in [3.63, 3.8) is 0 Å². The highest BCUT2D eigenvalue weighted by atomic mass is 35.5. The number of rotatable bonds is 6. The Kier molecular flexibility index (Phi) is 7.00. The second kappa shape index (κ2) is 9.22. The fourth-order valence-corrected chi connectivity index (χ4v) is 2.62. The zero-order valence-electron chi connectivity index (χ0n) is 13.8. The van der Waals surface area contributed by atoms with Gasteiger partial charge in [0.05, 0.1) is 6.42 Å². The molecule has 0 heterocycles. The minimum Gasteiger partial charge on any atom is -0.455 e. The average Bonchev–Trinajstić information content (AvgIpc) is 2.63. The van der Waals surface area contributed by atoms with Gasteiger partial charge in [-0.25, -0.2) is 0 Å². The van der Waals surface area contributed by atoms with Crippen LogP contribution in [0.1, 0.15) is 15.9 Å². The number of hydrogen-bond donors (Lipinski definition) is 2. The van der Waals surface area contributed by atoms with Crippen molar-refractivity contribution >= 4 is 46.7 Å². The standard InChI is InChI=1S/C18H16Cl2N2O4/c1-21-18(25)11-5-7-12(8-6-11)22-16(23)10-26-17(24)9-13-14(19)3-2-4-15(13)20/h2-8H,9-10H2,1H3,(H,21,25)(H,22,23). The first-order valence-electron chi connectivity index (χ1n) is 7.61. The van der Waals surface area contributed by atoms with Crippen LogP contribution in [-0.2, 0) is 20.7 Å². The van der Waals surface area contributed by atoms with Crippen molar-refractivity contribution in [1.82, 2.24) is 5.32 Å². The molecule has 136 valence electrons. The zero-order valence-corrected chi connectivity index (χ0v) is 15.4. The van der Waals surface area contributed by atoms with Crippen molar-refractivity contribution in [2.45, 2.75) is 6.42 Å². The Morgan fingerprint density at radius 1 is 1.00 bits per heavy atom. The third-order valence-corrected chi connectivity index (χ3v) is 4.11. The number of nitrogens with one attached hydrogen (secondary N) is 2. The lowest BCUT2D eigenvalue weighted by molar-refractivity contribution is -0.146. The molecule has 8 heteroatoms. The number of carbonyl (C=O) groups is 3. The SMILES string of the molecule is CNC(=O)c1ccc(NC(=O)COC(=O)Cc2c(Cl)cccc2Cl)cc1. The topological polar surface area (TPSA) is 84.5 Å². The van der Waals surface area contributed by atoms with E-state index in [1.54, 1.807) is 42.5 Å². The summed E-state index contributed by atoms with van der Waals surface area (Å²) in [6.07, 6.45) is -0.132. The quantitative estimate of drug-likeness (QED) is 0.737.